The Kier molecular flexibility index (Phi) is 6.35. The molecule has 1 aromatic rings. The zero-order valence-electron chi connectivity index (χ0n) is 15.8. The molecule has 1 saturated carbocycles. The Hall–Kier alpha value is -1.55. The van der Waals surface area contributed by atoms with Crippen LogP contribution in [0.4, 0.5) is 5.69 Å². The van der Waals surface area contributed by atoms with Crippen molar-refractivity contribution < 1.29 is 4.79 Å². The van der Waals surface area contributed by atoms with E-state index in [1.165, 1.54) is 43.4 Å². The molecule has 0 aromatic heterocycles. The van der Waals surface area contributed by atoms with Gasteiger partial charge in [0.1, 0.15) is 0 Å². The van der Waals surface area contributed by atoms with Gasteiger partial charge in [0.25, 0.3) is 0 Å². The van der Waals surface area contributed by atoms with Crippen LogP contribution in [0.1, 0.15) is 57.4 Å². The molecular formula is C21H33N3O. The fourth-order valence-electron chi connectivity index (χ4n) is 4.09. The van der Waals surface area contributed by atoms with Gasteiger partial charge in [-0.3, -0.25) is 9.69 Å². The Balaban J connectivity index is 1.61. The molecule has 2 aliphatic rings. The van der Waals surface area contributed by atoms with Crippen molar-refractivity contribution in [2.75, 3.05) is 25.0 Å². The number of benzene rings is 1. The van der Waals surface area contributed by atoms with Gasteiger partial charge >= 0.3 is 0 Å². The largest absolute Gasteiger partial charge is 0.371 e. The number of hydrogen-bond acceptors (Lipinski definition) is 3. The van der Waals surface area contributed by atoms with Gasteiger partial charge in [0.2, 0.25) is 5.91 Å². The zero-order valence-corrected chi connectivity index (χ0v) is 15.8. The van der Waals surface area contributed by atoms with Crippen LogP contribution in [0, 0.1) is 0 Å². The van der Waals surface area contributed by atoms with Crippen LogP contribution >= 0.6 is 0 Å². The van der Waals surface area contributed by atoms with Crippen molar-refractivity contribution in [3.63, 3.8) is 0 Å². The van der Waals surface area contributed by atoms with Gasteiger partial charge in [0, 0.05) is 31.4 Å². The monoisotopic (exact) mass is 343 g/mol. The van der Waals surface area contributed by atoms with E-state index in [2.05, 4.69) is 46.4 Å². The average molecular weight is 344 g/mol. The van der Waals surface area contributed by atoms with Crippen LogP contribution in [0.15, 0.2) is 24.3 Å². The molecule has 1 aliphatic heterocycles. The molecule has 0 radical (unpaired) electrons. The molecule has 1 saturated heterocycles. The molecular weight excluding hydrogens is 310 g/mol. The first-order chi connectivity index (χ1) is 12.1. The molecule has 3 rings (SSSR count). The van der Waals surface area contributed by atoms with Crippen molar-refractivity contribution in [2.45, 2.75) is 70.5 Å². The fraction of sp³-hybridized carbons (Fsp3) is 0.667. The molecule has 2 fully saturated rings. The SMILES string of the molecule is CC(C(=O)NC1CCCC1)N(C)Cc1ccccc1N1CCCCC1. The van der Waals surface area contributed by atoms with Crippen LogP contribution in [-0.2, 0) is 11.3 Å². The highest BCUT2D eigenvalue weighted by atomic mass is 16.2. The summed E-state index contributed by atoms with van der Waals surface area (Å²) >= 11 is 0. The molecule has 1 N–H and O–H groups in total. The maximum atomic E-state index is 12.6. The minimum absolute atomic E-state index is 0.102. The van der Waals surface area contributed by atoms with E-state index >= 15 is 0 Å². The van der Waals surface area contributed by atoms with E-state index in [0.29, 0.717) is 6.04 Å². The molecule has 25 heavy (non-hydrogen) atoms. The van der Waals surface area contributed by atoms with Gasteiger partial charge in [-0.1, -0.05) is 31.0 Å². The topological polar surface area (TPSA) is 35.6 Å². The smallest absolute Gasteiger partial charge is 0.237 e. The first-order valence-corrected chi connectivity index (χ1v) is 9.98. The summed E-state index contributed by atoms with van der Waals surface area (Å²) in [5.74, 6) is 0.171. The van der Waals surface area contributed by atoms with Gasteiger partial charge in [0.05, 0.1) is 6.04 Å². The molecule has 0 bridgehead atoms. The summed E-state index contributed by atoms with van der Waals surface area (Å²) in [6.45, 7) is 5.14. The second kappa shape index (κ2) is 8.70. The van der Waals surface area contributed by atoms with Crippen LogP contribution in [0.2, 0.25) is 0 Å². The number of hydrogen-bond donors (Lipinski definition) is 1. The number of nitrogens with zero attached hydrogens (tertiary/aromatic N) is 2. The van der Waals surface area contributed by atoms with Crippen molar-refractivity contribution in [1.29, 1.82) is 0 Å². The van der Waals surface area contributed by atoms with Crippen LogP contribution in [-0.4, -0.2) is 43.0 Å². The van der Waals surface area contributed by atoms with E-state index in [1.807, 2.05) is 6.92 Å². The normalized spacial score (nSPS) is 20.0. The standard InChI is InChI=1S/C21H33N3O/c1-17(21(25)22-19-11-5-6-12-19)23(2)16-18-10-4-7-13-20(18)24-14-8-3-9-15-24/h4,7,10,13,17,19H,3,5-6,8-9,11-12,14-16H2,1-2H3,(H,22,25). The molecule has 1 aromatic carbocycles. The van der Waals surface area contributed by atoms with E-state index in [4.69, 9.17) is 0 Å². The minimum atomic E-state index is -0.102. The van der Waals surface area contributed by atoms with Crippen molar-refractivity contribution in [1.82, 2.24) is 10.2 Å². The van der Waals surface area contributed by atoms with E-state index in [9.17, 15) is 4.79 Å². The second-order valence-electron chi connectivity index (χ2n) is 7.76. The molecule has 1 atom stereocenters. The molecule has 1 amide bonds. The lowest BCUT2D eigenvalue weighted by Crippen LogP contribution is -2.46. The number of piperidine rings is 1. The summed E-state index contributed by atoms with van der Waals surface area (Å²) in [4.78, 5) is 17.2. The number of rotatable bonds is 6. The minimum Gasteiger partial charge on any atom is -0.371 e. The zero-order chi connectivity index (χ0) is 17.6. The lowest BCUT2D eigenvalue weighted by atomic mass is 10.1. The lowest BCUT2D eigenvalue weighted by molar-refractivity contribution is -0.126. The Labute approximate surface area is 152 Å². The van der Waals surface area contributed by atoms with E-state index in [0.717, 1.165) is 32.5 Å². The number of nitrogens with one attached hydrogen (secondary N) is 1. The maximum Gasteiger partial charge on any atom is 0.237 e. The summed E-state index contributed by atoms with van der Waals surface area (Å²) in [7, 11) is 2.06. The van der Waals surface area contributed by atoms with Gasteiger partial charge in [-0.2, -0.15) is 0 Å². The average Bonchev–Trinajstić information content (AvgIpc) is 3.15. The summed E-state index contributed by atoms with van der Waals surface area (Å²) in [5.41, 5.74) is 2.67. The summed E-state index contributed by atoms with van der Waals surface area (Å²) in [6.07, 6.45) is 8.68. The Bertz CT molecular complexity index is 562. The lowest BCUT2D eigenvalue weighted by Gasteiger charge is -2.32. The highest BCUT2D eigenvalue weighted by Crippen LogP contribution is 2.25. The molecule has 0 spiro atoms. The Morgan fingerprint density at radius 1 is 1.16 bits per heavy atom. The Morgan fingerprint density at radius 3 is 2.56 bits per heavy atom. The number of likely N-dealkylation sites (N-methyl/N-ethyl adjacent to an activating group) is 1. The van der Waals surface area contributed by atoms with Crippen molar-refractivity contribution in [3.8, 4) is 0 Å². The third kappa shape index (κ3) is 4.75. The van der Waals surface area contributed by atoms with Crippen LogP contribution in [0.25, 0.3) is 0 Å². The van der Waals surface area contributed by atoms with Gasteiger partial charge in [0.15, 0.2) is 0 Å². The van der Waals surface area contributed by atoms with Crippen molar-refractivity contribution in [2.24, 2.45) is 0 Å². The number of carbonyl (C=O) groups is 1. The predicted molar refractivity (Wildman–Crippen MR) is 104 cm³/mol. The molecule has 4 heteroatoms. The van der Waals surface area contributed by atoms with Crippen LogP contribution in [0.3, 0.4) is 0 Å². The van der Waals surface area contributed by atoms with Gasteiger partial charge in [-0.05, 0) is 57.7 Å². The second-order valence-corrected chi connectivity index (χ2v) is 7.76. The molecule has 1 aliphatic carbocycles. The van der Waals surface area contributed by atoms with Crippen LogP contribution < -0.4 is 10.2 Å². The van der Waals surface area contributed by atoms with E-state index in [-0.39, 0.29) is 11.9 Å². The number of amides is 1. The van der Waals surface area contributed by atoms with E-state index < -0.39 is 0 Å². The molecule has 1 unspecified atom stereocenters. The fourth-order valence-corrected chi connectivity index (χ4v) is 4.09. The first-order valence-electron chi connectivity index (χ1n) is 9.98. The van der Waals surface area contributed by atoms with Crippen molar-refractivity contribution in [3.05, 3.63) is 29.8 Å². The third-order valence-corrected chi connectivity index (χ3v) is 5.85. The Morgan fingerprint density at radius 2 is 1.84 bits per heavy atom. The summed E-state index contributed by atoms with van der Waals surface area (Å²) in [6, 6.07) is 8.97. The number of para-hydroxylation sites is 1. The number of carbonyl (C=O) groups excluding carboxylic acids is 1. The van der Waals surface area contributed by atoms with Crippen LogP contribution in [0.5, 0.6) is 0 Å². The molecule has 1 heterocycles. The highest BCUT2D eigenvalue weighted by molar-refractivity contribution is 5.81. The van der Waals surface area contributed by atoms with Crippen molar-refractivity contribution >= 4 is 11.6 Å². The highest BCUT2D eigenvalue weighted by Gasteiger charge is 2.24. The molecule has 4 nitrogen and oxygen atoms in total. The molecule has 138 valence electrons. The van der Waals surface area contributed by atoms with Gasteiger partial charge in [-0.25, -0.2) is 0 Å². The summed E-state index contributed by atoms with van der Waals surface area (Å²) in [5, 5.41) is 3.23. The summed E-state index contributed by atoms with van der Waals surface area (Å²) < 4.78 is 0. The number of anilines is 1. The quantitative estimate of drug-likeness (QED) is 0.858. The predicted octanol–water partition coefficient (Wildman–Crippen LogP) is 3.56. The van der Waals surface area contributed by atoms with Gasteiger partial charge < -0.3 is 10.2 Å². The first kappa shape index (κ1) is 18.2. The maximum absolute atomic E-state index is 12.6. The van der Waals surface area contributed by atoms with Gasteiger partial charge in [-0.15, -0.1) is 0 Å². The third-order valence-electron chi connectivity index (χ3n) is 5.85. The van der Waals surface area contributed by atoms with E-state index in [1.54, 1.807) is 0 Å².